The SMILES string of the molecule is COC(O)c1ccc(Cn2c(-c3cncc(F)c3)nc3c(N)nc(Cl)nc32)cc1. The Kier molecular flexibility index (Phi) is 5.10. The number of pyridine rings is 1. The van der Waals surface area contributed by atoms with Crippen LogP contribution in [-0.2, 0) is 11.3 Å². The number of imidazole rings is 1. The van der Waals surface area contributed by atoms with Crippen LogP contribution in [0.4, 0.5) is 10.2 Å². The van der Waals surface area contributed by atoms with E-state index in [-0.39, 0.29) is 11.1 Å². The number of anilines is 1. The minimum atomic E-state index is -1.00. The Bertz CT molecular complexity index is 1180. The van der Waals surface area contributed by atoms with Gasteiger partial charge in [-0.2, -0.15) is 9.97 Å². The summed E-state index contributed by atoms with van der Waals surface area (Å²) in [7, 11) is 1.42. The zero-order valence-electron chi connectivity index (χ0n) is 15.3. The molecule has 3 heterocycles. The van der Waals surface area contributed by atoms with Crippen LogP contribution < -0.4 is 5.73 Å². The molecule has 29 heavy (non-hydrogen) atoms. The van der Waals surface area contributed by atoms with Gasteiger partial charge in [0, 0.05) is 24.4 Å². The number of methoxy groups -OCH3 is 1. The standard InChI is InChI=1S/C19H16ClFN6O2/c1-29-18(28)11-4-2-10(3-5-11)9-27-16(12-6-13(21)8-23-7-12)24-14-15(22)25-19(20)26-17(14)27/h2-8,18,28H,9H2,1H3,(H2,22,25,26). The average Bonchev–Trinajstić information content (AvgIpc) is 3.06. The van der Waals surface area contributed by atoms with Crippen LogP contribution >= 0.6 is 11.6 Å². The van der Waals surface area contributed by atoms with Crippen molar-refractivity contribution in [3.8, 4) is 11.4 Å². The van der Waals surface area contributed by atoms with Gasteiger partial charge in [0.1, 0.15) is 11.6 Å². The van der Waals surface area contributed by atoms with Gasteiger partial charge in [-0.15, -0.1) is 0 Å². The molecule has 0 saturated carbocycles. The van der Waals surface area contributed by atoms with Crippen molar-refractivity contribution in [3.63, 3.8) is 0 Å². The van der Waals surface area contributed by atoms with E-state index in [1.165, 1.54) is 19.4 Å². The largest absolute Gasteiger partial charge is 0.382 e. The zero-order chi connectivity index (χ0) is 20.5. The number of aromatic nitrogens is 5. The predicted molar refractivity (Wildman–Crippen MR) is 105 cm³/mol. The second kappa shape index (κ2) is 7.70. The second-order valence-corrected chi connectivity index (χ2v) is 6.63. The second-order valence-electron chi connectivity index (χ2n) is 6.29. The van der Waals surface area contributed by atoms with E-state index in [2.05, 4.69) is 19.9 Å². The minimum absolute atomic E-state index is 0.0152. The molecular formula is C19H16ClFN6O2. The van der Waals surface area contributed by atoms with Gasteiger partial charge in [0.05, 0.1) is 12.7 Å². The molecule has 148 valence electrons. The third-order valence-electron chi connectivity index (χ3n) is 4.39. The molecule has 8 nitrogen and oxygen atoms in total. The summed E-state index contributed by atoms with van der Waals surface area (Å²) in [6.07, 6.45) is 1.62. The monoisotopic (exact) mass is 414 g/mol. The summed E-state index contributed by atoms with van der Waals surface area (Å²) >= 11 is 5.99. The van der Waals surface area contributed by atoms with Crippen molar-refractivity contribution in [1.29, 1.82) is 0 Å². The van der Waals surface area contributed by atoms with Crippen molar-refractivity contribution in [1.82, 2.24) is 24.5 Å². The number of aliphatic hydroxyl groups is 1. The fourth-order valence-corrected chi connectivity index (χ4v) is 3.18. The number of ether oxygens (including phenoxy) is 1. The molecule has 1 unspecified atom stereocenters. The van der Waals surface area contributed by atoms with Crippen molar-refractivity contribution in [2.24, 2.45) is 0 Å². The first-order valence-electron chi connectivity index (χ1n) is 8.56. The maximum absolute atomic E-state index is 13.8. The van der Waals surface area contributed by atoms with Gasteiger partial charge in [-0.25, -0.2) is 9.37 Å². The van der Waals surface area contributed by atoms with Crippen molar-refractivity contribution >= 4 is 28.6 Å². The zero-order valence-corrected chi connectivity index (χ0v) is 16.0. The van der Waals surface area contributed by atoms with Gasteiger partial charge in [-0.1, -0.05) is 24.3 Å². The van der Waals surface area contributed by atoms with Crippen LogP contribution in [0.25, 0.3) is 22.6 Å². The molecule has 0 aliphatic rings. The molecule has 4 rings (SSSR count). The van der Waals surface area contributed by atoms with Gasteiger partial charge in [0.25, 0.3) is 0 Å². The minimum Gasteiger partial charge on any atom is -0.382 e. The van der Waals surface area contributed by atoms with Crippen LogP contribution in [0, 0.1) is 5.82 Å². The van der Waals surface area contributed by atoms with Gasteiger partial charge in [-0.05, 0) is 23.2 Å². The number of benzene rings is 1. The highest BCUT2D eigenvalue weighted by molar-refractivity contribution is 6.28. The van der Waals surface area contributed by atoms with Crippen molar-refractivity contribution in [2.45, 2.75) is 12.8 Å². The topological polar surface area (TPSA) is 112 Å². The number of hydrogen-bond acceptors (Lipinski definition) is 7. The maximum Gasteiger partial charge on any atom is 0.226 e. The van der Waals surface area contributed by atoms with E-state index >= 15 is 0 Å². The number of hydrogen-bond donors (Lipinski definition) is 2. The van der Waals surface area contributed by atoms with Crippen molar-refractivity contribution in [2.75, 3.05) is 12.8 Å². The molecule has 0 fully saturated rings. The van der Waals surface area contributed by atoms with E-state index in [1.807, 2.05) is 12.1 Å². The van der Waals surface area contributed by atoms with E-state index in [1.54, 1.807) is 16.7 Å². The van der Waals surface area contributed by atoms with Gasteiger partial charge in [0.2, 0.25) is 5.28 Å². The van der Waals surface area contributed by atoms with E-state index in [9.17, 15) is 9.50 Å². The Morgan fingerprint density at radius 2 is 1.97 bits per heavy atom. The highest BCUT2D eigenvalue weighted by Crippen LogP contribution is 2.28. The van der Waals surface area contributed by atoms with Crippen LogP contribution in [0.2, 0.25) is 5.28 Å². The van der Waals surface area contributed by atoms with E-state index in [4.69, 9.17) is 22.1 Å². The Morgan fingerprint density at radius 3 is 2.66 bits per heavy atom. The lowest BCUT2D eigenvalue weighted by molar-refractivity contribution is -0.0769. The molecule has 0 saturated heterocycles. The van der Waals surface area contributed by atoms with Gasteiger partial charge in [0.15, 0.2) is 23.3 Å². The molecule has 0 aliphatic carbocycles. The molecule has 1 atom stereocenters. The Morgan fingerprint density at radius 1 is 1.21 bits per heavy atom. The van der Waals surface area contributed by atoms with Crippen LogP contribution in [0.15, 0.2) is 42.7 Å². The first-order chi connectivity index (χ1) is 14.0. The normalized spacial score (nSPS) is 12.4. The molecule has 10 heteroatoms. The first kappa shape index (κ1) is 19.2. The number of nitrogen functional groups attached to an aromatic ring is 1. The van der Waals surface area contributed by atoms with Crippen LogP contribution in [0.1, 0.15) is 17.4 Å². The van der Waals surface area contributed by atoms with Crippen molar-refractivity contribution in [3.05, 3.63) is 65.0 Å². The lowest BCUT2D eigenvalue weighted by Crippen LogP contribution is -2.05. The molecule has 3 aromatic heterocycles. The molecule has 1 aromatic carbocycles. The van der Waals surface area contributed by atoms with Gasteiger partial charge >= 0.3 is 0 Å². The number of aliphatic hydroxyl groups excluding tert-OH is 1. The average molecular weight is 415 g/mol. The smallest absolute Gasteiger partial charge is 0.226 e. The number of halogens is 2. The van der Waals surface area contributed by atoms with E-state index < -0.39 is 12.1 Å². The first-order valence-corrected chi connectivity index (χ1v) is 8.94. The summed E-state index contributed by atoms with van der Waals surface area (Å²) in [5.41, 5.74) is 8.72. The Hall–Kier alpha value is -3.14. The van der Waals surface area contributed by atoms with E-state index in [0.29, 0.717) is 34.7 Å². The summed E-state index contributed by atoms with van der Waals surface area (Å²) < 4.78 is 20.4. The Balaban J connectivity index is 1.84. The molecule has 4 aromatic rings. The third kappa shape index (κ3) is 3.75. The van der Waals surface area contributed by atoms with Crippen molar-refractivity contribution < 1.29 is 14.2 Å². The fraction of sp³-hybridized carbons (Fsp3) is 0.158. The van der Waals surface area contributed by atoms with Gasteiger partial charge in [-0.3, -0.25) is 4.98 Å². The number of nitrogens with two attached hydrogens (primary N) is 1. The highest BCUT2D eigenvalue weighted by atomic mass is 35.5. The summed E-state index contributed by atoms with van der Waals surface area (Å²) in [5, 5.41) is 9.76. The van der Waals surface area contributed by atoms with Crippen LogP contribution in [-0.4, -0.2) is 36.7 Å². The van der Waals surface area contributed by atoms with Crippen LogP contribution in [0.5, 0.6) is 0 Å². The summed E-state index contributed by atoms with van der Waals surface area (Å²) in [5.74, 6) is 0.0651. The molecule has 0 bridgehead atoms. The predicted octanol–water partition coefficient (Wildman–Crippen LogP) is 2.95. The molecular weight excluding hydrogens is 399 g/mol. The quantitative estimate of drug-likeness (QED) is 0.381. The highest BCUT2D eigenvalue weighted by Gasteiger charge is 2.19. The fourth-order valence-electron chi connectivity index (χ4n) is 3.00. The van der Waals surface area contributed by atoms with Crippen LogP contribution in [0.3, 0.4) is 0 Å². The Labute approximate surface area is 169 Å². The molecule has 0 aliphatic heterocycles. The molecule has 0 amide bonds. The number of nitrogens with zero attached hydrogens (tertiary/aromatic N) is 5. The molecule has 0 radical (unpaired) electrons. The number of rotatable bonds is 5. The molecule has 3 N–H and O–H groups in total. The maximum atomic E-state index is 13.8. The van der Waals surface area contributed by atoms with E-state index in [0.717, 1.165) is 11.8 Å². The lowest BCUT2D eigenvalue weighted by atomic mass is 10.1. The summed E-state index contributed by atoms with van der Waals surface area (Å²) in [6, 6.07) is 8.50. The summed E-state index contributed by atoms with van der Waals surface area (Å²) in [6.45, 7) is 0.346. The molecule has 0 spiro atoms. The number of fused-ring (bicyclic) bond motifs is 1. The lowest BCUT2D eigenvalue weighted by Gasteiger charge is -2.12. The third-order valence-corrected chi connectivity index (χ3v) is 4.56. The summed E-state index contributed by atoms with van der Waals surface area (Å²) in [4.78, 5) is 16.6. The van der Waals surface area contributed by atoms with Gasteiger partial charge < -0.3 is 20.1 Å².